The predicted molar refractivity (Wildman–Crippen MR) is 74.6 cm³/mol. The van der Waals surface area contributed by atoms with Gasteiger partial charge < -0.3 is 4.98 Å². The number of hydrogen-bond donors (Lipinski definition) is 1. The molecule has 0 aromatic carbocycles. The SMILES string of the molecule is CC(C)c1nnsc1-c1nc2ncc(Br)cc2[nH]1. The fraction of sp³-hybridized carbons (Fsp3) is 0.273. The Morgan fingerprint density at radius 1 is 1.39 bits per heavy atom. The molecule has 18 heavy (non-hydrogen) atoms. The minimum atomic E-state index is 0.326. The molecule has 0 fully saturated rings. The number of imidazole rings is 1. The minimum absolute atomic E-state index is 0.326. The van der Waals surface area contributed by atoms with Crippen molar-refractivity contribution in [2.24, 2.45) is 0 Å². The number of rotatable bonds is 2. The zero-order valence-electron chi connectivity index (χ0n) is 9.81. The Morgan fingerprint density at radius 3 is 3.00 bits per heavy atom. The summed E-state index contributed by atoms with van der Waals surface area (Å²) in [5.41, 5.74) is 2.58. The molecule has 0 saturated heterocycles. The fourth-order valence-electron chi connectivity index (χ4n) is 1.72. The lowest BCUT2D eigenvalue weighted by Gasteiger charge is -2.00. The van der Waals surface area contributed by atoms with E-state index in [1.165, 1.54) is 11.5 Å². The molecule has 3 aromatic heterocycles. The van der Waals surface area contributed by atoms with Crippen LogP contribution in [0.5, 0.6) is 0 Å². The van der Waals surface area contributed by atoms with Crippen LogP contribution in [-0.4, -0.2) is 24.5 Å². The lowest BCUT2D eigenvalue weighted by atomic mass is 10.1. The lowest BCUT2D eigenvalue weighted by molar-refractivity contribution is 0.813. The number of H-pyrrole nitrogens is 1. The van der Waals surface area contributed by atoms with Gasteiger partial charge in [-0.15, -0.1) is 5.10 Å². The number of pyridine rings is 1. The van der Waals surface area contributed by atoms with Crippen molar-refractivity contribution in [3.8, 4) is 10.7 Å². The van der Waals surface area contributed by atoms with Crippen LogP contribution in [0.3, 0.4) is 0 Å². The zero-order chi connectivity index (χ0) is 12.7. The van der Waals surface area contributed by atoms with Crippen LogP contribution in [0.2, 0.25) is 0 Å². The number of fused-ring (bicyclic) bond motifs is 1. The Bertz CT molecular complexity index is 702. The van der Waals surface area contributed by atoms with Gasteiger partial charge in [-0.3, -0.25) is 0 Å². The van der Waals surface area contributed by atoms with Crippen LogP contribution in [0.15, 0.2) is 16.7 Å². The maximum absolute atomic E-state index is 4.48. The summed E-state index contributed by atoms with van der Waals surface area (Å²) in [6.45, 7) is 4.19. The molecule has 0 aliphatic carbocycles. The maximum Gasteiger partial charge on any atom is 0.178 e. The summed E-state index contributed by atoms with van der Waals surface area (Å²) in [6, 6.07) is 1.96. The molecule has 0 saturated carbocycles. The second-order valence-electron chi connectivity index (χ2n) is 4.25. The maximum atomic E-state index is 4.48. The van der Waals surface area contributed by atoms with Gasteiger partial charge in [0.15, 0.2) is 11.5 Å². The van der Waals surface area contributed by atoms with Crippen molar-refractivity contribution in [3.05, 3.63) is 22.4 Å². The third-order valence-corrected chi connectivity index (χ3v) is 3.76. The van der Waals surface area contributed by atoms with Gasteiger partial charge in [-0.25, -0.2) is 9.97 Å². The Kier molecular flexibility index (Phi) is 2.87. The number of nitrogens with one attached hydrogen (secondary N) is 1. The summed E-state index contributed by atoms with van der Waals surface area (Å²) in [7, 11) is 0. The van der Waals surface area contributed by atoms with Gasteiger partial charge in [0.05, 0.1) is 11.2 Å². The fourth-order valence-corrected chi connectivity index (χ4v) is 2.82. The first kappa shape index (κ1) is 11.7. The Balaban J connectivity index is 2.16. The van der Waals surface area contributed by atoms with E-state index in [1.54, 1.807) is 6.20 Å². The van der Waals surface area contributed by atoms with Crippen LogP contribution < -0.4 is 0 Å². The van der Waals surface area contributed by atoms with E-state index in [0.29, 0.717) is 11.6 Å². The van der Waals surface area contributed by atoms with E-state index in [-0.39, 0.29) is 0 Å². The highest BCUT2D eigenvalue weighted by Crippen LogP contribution is 2.30. The molecule has 0 aliphatic rings. The van der Waals surface area contributed by atoms with E-state index in [2.05, 4.69) is 54.3 Å². The molecule has 0 amide bonds. The first-order valence-corrected chi connectivity index (χ1v) is 7.05. The van der Waals surface area contributed by atoms with Crippen molar-refractivity contribution in [2.45, 2.75) is 19.8 Å². The van der Waals surface area contributed by atoms with E-state index >= 15 is 0 Å². The van der Waals surface area contributed by atoms with Crippen LogP contribution >= 0.6 is 27.5 Å². The van der Waals surface area contributed by atoms with Gasteiger partial charge in [0.1, 0.15) is 4.88 Å². The Hall–Kier alpha value is -1.34. The van der Waals surface area contributed by atoms with Crippen LogP contribution in [0.4, 0.5) is 0 Å². The molecule has 3 rings (SSSR count). The highest BCUT2D eigenvalue weighted by molar-refractivity contribution is 9.10. The first-order chi connectivity index (χ1) is 8.65. The number of hydrogen-bond acceptors (Lipinski definition) is 5. The molecule has 5 nitrogen and oxygen atoms in total. The Morgan fingerprint density at radius 2 is 2.22 bits per heavy atom. The van der Waals surface area contributed by atoms with E-state index in [1.807, 2.05) is 6.07 Å². The third kappa shape index (κ3) is 1.93. The smallest absolute Gasteiger partial charge is 0.178 e. The topological polar surface area (TPSA) is 67.3 Å². The van der Waals surface area contributed by atoms with Crippen molar-refractivity contribution in [3.63, 3.8) is 0 Å². The molecule has 1 N–H and O–H groups in total. The number of halogens is 1. The van der Waals surface area contributed by atoms with E-state index in [0.717, 1.165) is 26.4 Å². The summed E-state index contributed by atoms with van der Waals surface area (Å²) in [5.74, 6) is 1.11. The lowest BCUT2D eigenvalue weighted by Crippen LogP contribution is -1.91. The molecule has 0 unspecified atom stereocenters. The minimum Gasteiger partial charge on any atom is -0.336 e. The number of aromatic nitrogens is 5. The average molecular weight is 324 g/mol. The van der Waals surface area contributed by atoms with Gasteiger partial charge in [0.25, 0.3) is 0 Å². The first-order valence-electron chi connectivity index (χ1n) is 5.49. The van der Waals surface area contributed by atoms with Gasteiger partial charge in [0, 0.05) is 10.7 Å². The molecule has 0 atom stereocenters. The molecule has 0 bridgehead atoms. The zero-order valence-corrected chi connectivity index (χ0v) is 12.2. The van der Waals surface area contributed by atoms with Crippen molar-refractivity contribution in [1.82, 2.24) is 24.5 Å². The van der Waals surface area contributed by atoms with Crippen LogP contribution in [0, 0.1) is 0 Å². The van der Waals surface area contributed by atoms with Gasteiger partial charge in [-0.05, 0) is 39.4 Å². The molecule has 0 spiro atoms. The largest absolute Gasteiger partial charge is 0.336 e. The summed E-state index contributed by atoms with van der Waals surface area (Å²) in [5, 5.41) is 4.16. The van der Waals surface area contributed by atoms with Crippen LogP contribution in [0.1, 0.15) is 25.5 Å². The van der Waals surface area contributed by atoms with Gasteiger partial charge in [-0.1, -0.05) is 18.3 Å². The molecule has 3 aromatic rings. The molecule has 0 aliphatic heterocycles. The van der Waals surface area contributed by atoms with Crippen molar-refractivity contribution in [1.29, 1.82) is 0 Å². The average Bonchev–Trinajstić information content (AvgIpc) is 2.93. The molecule has 92 valence electrons. The quantitative estimate of drug-likeness (QED) is 0.785. The van der Waals surface area contributed by atoms with Crippen molar-refractivity contribution in [2.75, 3.05) is 0 Å². The predicted octanol–water partition coefficient (Wildman–Crippen LogP) is 3.36. The molecule has 7 heteroatoms. The molecular formula is C11H10BrN5S. The highest BCUT2D eigenvalue weighted by atomic mass is 79.9. The standard InChI is InChI=1S/C11H10BrN5S/c1-5(2)8-9(18-17-16-8)11-14-7-3-6(12)4-13-10(7)15-11/h3-5H,1-2H3,(H,13,14,15). The Labute approximate surface area is 116 Å². The summed E-state index contributed by atoms with van der Waals surface area (Å²) >= 11 is 4.75. The normalized spacial score (nSPS) is 11.6. The van der Waals surface area contributed by atoms with Crippen LogP contribution in [-0.2, 0) is 0 Å². The number of aromatic amines is 1. The van der Waals surface area contributed by atoms with E-state index < -0.39 is 0 Å². The molecular weight excluding hydrogens is 314 g/mol. The van der Waals surface area contributed by atoms with Crippen molar-refractivity contribution < 1.29 is 0 Å². The second kappa shape index (κ2) is 4.40. The van der Waals surface area contributed by atoms with E-state index in [4.69, 9.17) is 0 Å². The summed E-state index contributed by atoms with van der Waals surface area (Å²) < 4.78 is 4.94. The summed E-state index contributed by atoms with van der Waals surface area (Å²) in [6.07, 6.45) is 1.74. The van der Waals surface area contributed by atoms with Gasteiger partial charge in [0.2, 0.25) is 0 Å². The molecule has 3 heterocycles. The van der Waals surface area contributed by atoms with Crippen molar-refractivity contribution >= 4 is 38.6 Å². The molecule has 0 radical (unpaired) electrons. The van der Waals surface area contributed by atoms with Gasteiger partial charge in [-0.2, -0.15) is 0 Å². The second-order valence-corrected chi connectivity index (χ2v) is 5.92. The third-order valence-electron chi connectivity index (χ3n) is 2.58. The summed E-state index contributed by atoms with van der Waals surface area (Å²) in [4.78, 5) is 13.0. The van der Waals surface area contributed by atoms with Crippen LogP contribution in [0.25, 0.3) is 21.9 Å². The monoisotopic (exact) mass is 323 g/mol. The van der Waals surface area contributed by atoms with Gasteiger partial charge >= 0.3 is 0 Å². The van der Waals surface area contributed by atoms with E-state index in [9.17, 15) is 0 Å². The number of nitrogens with zero attached hydrogens (tertiary/aromatic N) is 4. The highest BCUT2D eigenvalue weighted by Gasteiger charge is 2.17.